The quantitative estimate of drug-likeness (QED) is 0.220. The Balaban J connectivity index is 0.00000384. The molecule has 44 heavy (non-hydrogen) atoms. The van der Waals surface area contributed by atoms with Gasteiger partial charge in [-0.05, 0) is 62.8 Å². The summed E-state index contributed by atoms with van der Waals surface area (Å²) in [5.41, 5.74) is 13.0. The van der Waals surface area contributed by atoms with E-state index in [0.717, 1.165) is 67.0 Å². The van der Waals surface area contributed by atoms with Crippen molar-refractivity contribution in [2.24, 2.45) is 0 Å². The molecule has 3 aliphatic heterocycles. The van der Waals surface area contributed by atoms with E-state index in [1.165, 1.54) is 0 Å². The number of hydrogen-bond donors (Lipinski definition) is 2. The van der Waals surface area contributed by atoms with E-state index in [1.807, 2.05) is 52.0 Å². The van der Waals surface area contributed by atoms with E-state index in [1.54, 1.807) is 6.08 Å². The van der Waals surface area contributed by atoms with Crippen LogP contribution in [-0.2, 0) is 37.8 Å². The molecule has 3 aromatic rings. The molecule has 2 N–H and O–H groups in total. The number of hydrogen-bond acceptors (Lipinski definition) is 5. The molecular weight excluding hydrogens is 600 g/mol. The van der Waals surface area contributed by atoms with Crippen molar-refractivity contribution in [1.82, 2.24) is 19.9 Å². The third-order valence-electron chi connectivity index (χ3n) is 8.51. The van der Waals surface area contributed by atoms with E-state index in [4.69, 9.17) is 24.7 Å². The van der Waals surface area contributed by atoms with Crippen molar-refractivity contribution in [1.29, 1.82) is 0 Å². The molecular formula is C34H32FeN4O5. The van der Waals surface area contributed by atoms with Gasteiger partial charge in [0, 0.05) is 18.4 Å². The largest absolute Gasteiger partial charge is 2.00 e. The van der Waals surface area contributed by atoms with Crippen LogP contribution in [0.3, 0.4) is 0 Å². The second kappa shape index (κ2) is 12.0. The summed E-state index contributed by atoms with van der Waals surface area (Å²) in [5.74, 6) is -1.79. The number of aliphatic carboxylic acids is 2. The van der Waals surface area contributed by atoms with Gasteiger partial charge < -0.3 is 24.9 Å². The Bertz CT molecular complexity index is 1960. The fraction of sp³-hybridized carbons (Fsp3) is 0.294. The number of ether oxygens (including phenoxy) is 1. The zero-order chi connectivity index (χ0) is 30.6. The van der Waals surface area contributed by atoms with Crippen LogP contribution in [0.2, 0.25) is 0 Å². The number of rotatable bonds is 8. The van der Waals surface area contributed by atoms with Crippen LogP contribution < -0.4 is 9.97 Å². The number of epoxide rings is 1. The van der Waals surface area contributed by atoms with E-state index in [0.29, 0.717) is 41.9 Å². The van der Waals surface area contributed by atoms with Crippen molar-refractivity contribution in [3.63, 3.8) is 0 Å². The van der Waals surface area contributed by atoms with E-state index in [9.17, 15) is 19.8 Å². The molecule has 9 nitrogen and oxygen atoms in total. The van der Waals surface area contributed by atoms with Crippen molar-refractivity contribution in [2.75, 3.05) is 6.61 Å². The molecule has 0 aromatic carbocycles. The third kappa shape index (κ3) is 5.68. The molecule has 8 bridgehead atoms. The van der Waals surface area contributed by atoms with Gasteiger partial charge in [0.1, 0.15) is 6.10 Å². The first-order valence-electron chi connectivity index (χ1n) is 14.3. The minimum absolute atomic E-state index is 0. The van der Waals surface area contributed by atoms with E-state index in [2.05, 4.69) is 6.58 Å². The maximum atomic E-state index is 11.6. The standard InChI is InChI=1S/C34H34N4O5.Fe/c1-6-20-16(2)23-11-24-17(3)21(7-9-32(39)40)28(36-24)14-29-22(8-10-33(41)42)18(4)25(37-29)13-30-34(31-15-43-31)19(5)26(38-30)12-27(20)35-23;/h6,11-14,31H,1,7-10,15H2,2-5H3,(H4,35,36,37,38,39,40,41,42);/q;+2/p-2/t31-;/m0./s1. The number of allylic oxidation sites excluding steroid dienone is 5. The number of aryl methyl sites for hydroxylation is 3. The molecule has 0 unspecified atom stereocenters. The Morgan fingerprint density at radius 3 is 2.05 bits per heavy atom. The van der Waals surface area contributed by atoms with Crippen molar-refractivity contribution in [3.05, 3.63) is 81.9 Å². The summed E-state index contributed by atoms with van der Waals surface area (Å²) in [6.45, 7) is 12.6. The maximum Gasteiger partial charge on any atom is 2.00 e. The summed E-state index contributed by atoms with van der Waals surface area (Å²) >= 11 is 0. The first-order chi connectivity index (χ1) is 20.5. The molecule has 0 amide bonds. The van der Waals surface area contributed by atoms with Gasteiger partial charge in [-0.1, -0.05) is 53.6 Å². The predicted molar refractivity (Wildman–Crippen MR) is 165 cm³/mol. The van der Waals surface area contributed by atoms with Gasteiger partial charge in [-0.15, -0.1) is 22.1 Å². The van der Waals surface area contributed by atoms with Crippen LogP contribution in [0.4, 0.5) is 0 Å². The van der Waals surface area contributed by atoms with Crippen LogP contribution in [0.25, 0.3) is 44.4 Å². The number of carboxylic acids is 2. The minimum atomic E-state index is -0.895. The Morgan fingerprint density at radius 2 is 1.39 bits per heavy atom. The van der Waals surface area contributed by atoms with Gasteiger partial charge in [-0.2, -0.15) is 0 Å². The number of aromatic nitrogens is 4. The molecule has 1 atom stereocenters. The monoisotopic (exact) mass is 632 g/mol. The number of carboxylic acid groups (broad SMARTS) is 2. The molecule has 0 spiro atoms. The van der Waals surface area contributed by atoms with Gasteiger partial charge in [0.2, 0.25) is 0 Å². The minimum Gasteiger partial charge on any atom is -0.657 e. The normalized spacial score (nSPS) is 15.8. The Morgan fingerprint density at radius 1 is 0.841 bits per heavy atom. The molecule has 0 saturated carbocycles. The molecule has 0 aliphatic carbocycles. The molecule has 226 valence electrons. The Hall–Kier alpha value is -4.24. The fourth-order valence-corrected chi connectivity index (χ4v) is 5.98. The third-order valence-corrected chi connectivity index (χ3v) is 8.51. The Labute approximate surface area is 265 Å². The predicted octanol–water partition coefficient (Wildman–Crippen LogP) is 6.19. The molecule has 1 fully saturated rings. The molecule has 1 saturated heterocycles. The summed E-state index contributed by atoms with van der Waals surface area (Å²) in [6, 6.07) is 7.71. The zero-order valence-electron chi connectivity index (χ0n) is 25.0. The molecule has 0 radical (unpaired) electrons. The summed E-state index contributed by atoms with van der Waals surface area (Å²) < 4.78 is 5.70. The van der Waals surface area contributed by atoms with Gasteiger partial charge in [0.25, 0.3) is 0 Å². The van der Waals surface area contributed by atoms with Gasteiger partial charge in [-0.25, -0.2) is 9.97 Å². The van der Waals surface area contributed by atoms with Crippen LogP contribution in [-0.4, -0.2) is 38.7 Å². The number of nitrogens with zero attached hydrogens (tertiary/aromatic N) is 4. The SMILES string of the molecule is C=CC1=C(C)c2cc3[n-]c(cc4nc(cc5[n-]c(cc1n2)c(C)c5[C@@H]1CO1)C(C)=C4CCC(=O)O)c(CCC(=O)O)c3C.[Fe+2]. The number of fused-ring (bicyclic) bond motifs is 8. The maximum absolute atomic E-state index is 11.6. The molecule has 3 aliphatic rings. The smallest absolute Gasteiger partial charge is 0.657 e. The molecule has 6 heterocycles. The average Bonchev–Trinajstić information content (AvgIpc) is 3.50. The number of carbonyl (C=O) groups is 2. The summed E-state index contributed by atoms with van der Waals surface area (Å²) in [6.07, 6.45) is 2.26. The van der Waals surface area contributed by atoms with Crippen LogP contribution in [0.1, 0.15) is 84.2 Å². The second-order valence-corrected chi connectivity index (χ2v) is 11.2. The van der Waals surface area contributed by atoms with Crippen molar-refractivity contribution in [2.45, 2.75) is 59.5 Å². The van der Waals surface area contributed by atoms with Gasteiger partial charge in [0.05, 0.1) is 29.4 Å². The first kappa shape index (κ1) is 31.2. The van der Waals surface area contributed by atoms with Crippen LogP contribution in [0, 0.1) is 13.8 Å². The van der Waals surface area contributed by atoms with Crippen molar-refractivity contribution < 1.29 is 41.6 Å². The van der Waals surface area contributed by atoms with Crippen LogP contribution in [0.15, 0.2) is 36.9 Å². The summed E-state index contributed by atoms with van der Waals surface area (Å²) in [7, 11) is 0. The van der Waals surface area contributed by atoms with E-state index >= 15 is 0 Å². The molecule has 3 aromatic heterocycles. The first-order valence-corrected chi connectivity index (χ1v) is 14.3. The van der Waals surface area contributed by atoms with Crippen LogP contribution >= 0.6 is 0 Å². The zero-order valence-corrected chi connectivity index (χ0v) is 26.1. The van der Waals surface area contributed by atoms with Crippen molar-refractivity contribution in [3.8, 4) is 0 Å². The fourth-order valence-electron chi connectivity index (χ4n) is 5.98. The topological polar surface area (TPSA) is 141 Å². The Kier molecular flexibility index (Phi) is 8.53. The van der Waals surface area contributed by atoms with Crippen LogP contribution in [0.5, 0.6) is 0 Å². The van der Waals surface area contributed by atoms with E-state index in [-0.39, 0.29) is 36.0 Å². The van der Waals surface area contributed by atoms with Crippen molar-refractivity contribution >= 4 is 56.3 Å². The summed E-state index contributed by atoms with van der Waals surface area (Å²) in [5, 5.41) is 18.9. The van der Waals surface area contributed by atoms with E-state index < -0.39 is 11.9 Å². The van der Waals surface area contributed by atoms with Gasteiger partial charge >= 0.3 is 29.0 Å². The second-order valence-electron chi connectivity index (χ2n) is 11.2. The molecule has 10 heteroatoms. The van der Waals surface area contributed by atoms with Gasteiger partial charge in [-0.3, -0.25) is 9.59 Å². The average molecular weight is 632 g/mol. The van der Waals surface area contributed by atoms with Gasteiger partial charge in [0.15, 0.2) is 0 Å². The molecule has 6 rings (SSSR count). The summed E-state index contributed by atoms with van der Waals surface area (Å²) in [4.78, 5) is 43.0.